The number of ether oxygens (including phenoxy) is 1. The van der Waals surface area contributed by atoms with Gasteiger partial charge >= 0.3 is 0 Å². The van der Waals surface area contributed by atoms with Gasteiger partial charge in [-0.1, -0.05) is 29.8 Å². The average molecular weight is 279 g/mol. The van der Waals surface area contributed by atoms with Crippen LogP contribution >= 0.6 is 0 Å². The highest BCUT2D eigenvalue weighted by Gasteiger charge is 2.24. The Morgan fingerprint density at radius 2 is 2.00 bits per heavy atom. The van der Waals surface area contributed by atoms with E-state index in [1.165, 1.54) is 0 Å². The molecule has 0 fully saturated rings. The number of hydrogen-bond acceptors (Lipinski definition) is 2. The van der Waals surface area contributed by atoms with Crippen molar-refractivity contribution in [3.05, 3.63) is 59.2 Å². The second-order valence-electron chi connectivity index (χ2n) is 5.03. The monoisotopic (exact) mass is 279 g/mol. The van der Waals surface area contributed by atoms with E-state index < -0.39 is 0 Å². The first-order valence-corrected chi connectivity index (χ1v) is 7.05. The van der Waals surface area contributed by atoms with Gasteiger partial charge in [-0.25, -0.2) is 0 Å². The largest absolute Gasteiger partial charge is 0.493 e. The third-order valence-electron chi connectivity index (χ3n) is 3.48. The van der Waals surface area contributed by atoms with Crippen LogP contribution in [-0.2, 0) is 4.79 Å². The van der Waals surface area contributed by atoms with E-state index in [4.69, 9.17) is 4.74 Å². The quantitative estimate of drug-likeness (QED) is 0.866. The van der Waals surface area contributed by atoms with Gasteiger partial charge in [-0.3, -0.25) is 4.79 Å². The van der Waals surface area contributed by atoms with Crippen molar-refractivity contribution in [1.82, 2.24) is 0 Å². The molecule has 0 saturated carbocycles. The topological polar surface area (TPSA) is 38.3 Å². The van der Waals surface area contributed by atoms with Crippen molar-refractivity contribution in [3.8, 4) is 5.75 Å². The minimum Gasteiger partial charge on any atom is -0.493 e. The standard InChI is InChI=1S/C18H17NO2/c1-3-21-17-7-5-4-6-13(17)11-15-14-10-12(2)8-9-16(14)19-18(15)20/h4-11H,3H2,1-2H3,(H,19,20). The van der Waals surface area contributed by atoms with E-state index in [0.717, 1.165) is 28.1 Å². The highest BCUT2D eigenvalue weighted by Crippen LogP contribution is 2.35. The number of nitrogens with one attached hydrogen (secondary N) is 1. The number of benzene rings is 2. The lowest BCUT2D eigenvalue weighted by Crippen LogP contribution is -2.03. The Bertz CT molecular complexity index is 732. The lowest BCUT2D eigenvalue weighted by Gasteiger charge is -2.07. The van der Waals surface area contributed by atoms with Crippen molar-refractivity contribution >= 4 is 23.2 Å². The fraction of sp³-hybridized carbons (Fsp3) is 0.167. The molecule has 0 aromatic heterocycles. The second kappa shape index (κ2) is 5.44. The molecule has 0 saturated heterocycles. The van der Waals surface area contributed by atoms with Gasteiger partial charge in [0.25, 0.3) is 5.91 Å². The minimum absolute atomic E-state index is 0.0677. The Hall–Kier alpha value is -2.55. The molecule has 0 atom stereocenters. The zero-order chi connectivity index (χ0) is 14.8. The molecule has 106 valence electrons. The van der Waals surface area contributed by atoms with Gasteiger partial charge in [0.15, 0.2) is 0 Å². The van der Waals surface area contributed by atoms with Gasteiger partial charge in [0.1, 0.15) is 5.75 Å². The van der Waals surface area contributed by atoms with Crippen LogP contribution in [-0.4, -0.2) is 12.5 Å². The summed E-state index contributed by atoms with van der Waals surface area (Å²) in [5.41, 5.74) is 4.55. The normalized spacial score (nSPS) is 15.0. The number of rotatable bonds is 3. The fourth-order valence-electron chi connectivity index (χ4n) is 2.49. The molecule has 0 aliphatic carbocycles. The van der Waals surface area contributed by atoms with Crippen LogP contribution in [0.5, 0.6) is 5.75 Å². The summed E-state index contributed by atoms with van der Waals surface area (Å²) >= 11 is 0. The van der Waals surface area contributed by atoms with E-state index in [9.17, 15) is 4.79 Å². The number of carbonyl (C=O) groups is 1. The van der Waals surface area contributed by atoms with E-state index in [2.05, 4.69) is 5.32 Å². The van der Waals surface area contributed by atoms with Crippen molar-refractivity contribution in [3.63, 3.8) is 0 Å². The first-order chi connectivity index (χ1) is 10.2. The van der Waals surface area contributed by atoms with Crippen molar-refractivity contribution in [2.24, 2.45) is 0 Å². The molecule has 21 heavy (non-hydrogen) atoms. The summed E-state index contributed by atoms with van der Waals surface area (Å²) in [5, 5.41) is 2.90. The van der Waals surface area contributed by atoms with E-state index in [1.807, 2.05) is 62.4 Å². The molecule has 0 spiro atoms. The Kier molecular flexibility index (Phi) is 3.48. The summed E-state index contributed by atoms with van der Waals surface area (Å²) in [5.74, 6) is 0.725. The summed E-state index contributed by atoms with van der Waals surface area (Å²) < 4.78 is 5.62. The van der Waals surface area contributed by atoms with E-state index >= 15 is 0 Å². The van der Waals surface area contributed by atoms with Crippen molar-refractivity contribution in [1.29, 1.82) is 0 Å². The predicted molar refractivity (Wildman–Crippen MR) is 85.3 cm³/mol. The van der Waals surface area contributed by atoms with Crippen LogP contribution in [0.2, 0.25) is 0 Å². The molecule has 2 aromatic rings. The molecule has 0 unspecified atom stereocenters. The van der Waals surface area contributed by atoms with E-state index in [1.54, 1.807) is 0 Å². The Morgan fingerprint density at radius 1 is 1.19 bits per heavy atom. The smallest absolute Gasteiger partial charge is 0.256 e. The molecular weight excluding hydrogens is 262 g/mol. The fourth-order valence-corrected chi connectivity index (χ4v) is 2.49. The molecule has 1 aliphatic rings. The van der Waals surface area contributed by atoms with Gasteiger partial charge in [0.05, 0.1) is 6.61 Å². The van der Waals surface area contributed by atoms with E-state index in [0.29, 0.717) is 12.2 Å². The molecule has 1 heterocycles. The predicted octanol–water partition coefficient (Wildman–Crippen LogP) is 3.89. The van der Waals surface area contributed by atoms with Gasteiger partial charge in [0.2, 0.25) is 0 Å². The van der Waals surface area contributed by atoms with Crippen LogP contribution in [0.4, 0.5) is 5.69 Å². The minimum atomic E-state index is -0.0677. The van der Waals surface area contributed by atoms with Crippen LogP contribution in [0.3, 0.4) is 0 Å². The molecule has 3 heteroatoms. The SMILES string of the molecule is CCOc1ccccc1C=C1C(=O)Nc2ccc(C)cc21. The Balaban J connectivity index is 2.09. The Labute approximate surface area is 124 Å². The summed E-state index contributed by atoms with van der Waals surface area (Å²) in [6.07, 6.45) is 1.89. The van der Waals surface area contributed by atoms with Gasteiger partial charge in [0, 0.05) is 22.4 Å². The number of carbonyl (C=O) groups excluding carboxylic acids is 1. The summed E-state index contributed by atoms with van der Waals surface area (Å²) in [7, 11) is 0. The number of hydrogen-bond donors (Lipinski definition) is 1. The van der Waals surface area contributed by atoms with Gasteiger partial charge in [-0.05, 0) is 38.1 Å². The lowest BCUT2D eigenvalue weighted by molar-refractivity contribution is -0.110. The molecule has 1 amide bonds. The molecule has 0 bridgehead atoms. The highest BCUT2D eigenvalue weighted by molar-refractivity contribution is 6.35. The molecule has 3 nitrogen and oxygen atoms in total. The van der Waals surface area contributed by atoms with Crippen molar-refractivity contribution < 1.29 is 9.53 Å². The third kappa shape index (κ3) is 2.55. The number of para-hydroxylation sites is 1. The maximum Gasteiger partial charge on any atom is 0.256 e. The van der Waals surface area contributed by atoms with Crippen LogP contribution in [0.25, 0.3) is 11.6 Å². The molecule has 3 rings (SSSR count). The number of anilines is 1. The van der Waals surface area contributed by atoms with Crippen LogP contribution in [0.1, 0.15) is 23.6 Å². The van der Waals surface area contributed by atoms with Crippen LogP contribution < -0.4 is 10.1 Å². The highest BCUT2D eigenvalue weighted by atomic mass is 16.5. The maximum atomic E-state index is 12.2. The number of amides is 1. The van der Waals surface area contributed by atoms with Gasteiger partial charge in [-0.2, -0.15) is 0 Å². The molecule has 0 radical (unpaired) electrons. The van der Waals surface area contributed by atoms with Crippen LogP contribution in [0.15, 0.2) is 42.5 Å². The molecular formula is C18H17NO2. The van der Waals surface area contributed by atoms with E-state index in [-0.39, 0.29) is 5.91 Å². The summed E-state index contributed by atoms with van der Waals surface area (Å²) in [6.45, 7) is 4.57. The zero-order valence-electron chi connectivity index (χ0n) is 12.1. The molecule has 2 aromatic carbocycles. The van der Waals surface area contributed by atoms with Crippen molar-refractivity contribution in [2.75, 3.05) is 11.9 Å². The number of fused-ring (bicyclic) bond motifs is 1. The zero-order valence-corrected chi connectivity index (χ0v) is 12.1. The molecule has 1 N–H and O–H groups in total. The maximum absolute atomic E-state index is 12.2. The van der Waals surface area contributed by atoms with Crippen molar-refractivity contribution in [2.45, 2.75) is 13.8 Å². The third-order valence-corrected chi connectivity index (χ3v) is 3.48. The first kappa shape index (κ1) is 13.4. The average Bonchev–Trinajstić information content (AvgIpc) is 2.77. The molecule has 1 aliphatic heterocycles. The van der Waals surface area contributed by atoms with Gasteiger partial charge in [-0.15, -0.1) is 0 Å². The summed E-state index contributed by atoms with van der Waals surface area (Å²) in [4.78, 5) is 12.2. The summed E-state index contributed by atoms with van der Waals surface area (Å²) in [6, 6.07) is 13.7. The number of aryl methyl sites for hydroxylation is 1. The van der Waals surface area contributed by atoms with Crippen LogP contribution in [0, 0.1) is 6.92 Å². The Morgan fingerprint density at radius 3 is 2.81 bits per heavy atom. The van der Waals surface area contributed by atoms with Gasteiger partial charge < -0.3 is 10.1 Å². The first-order valence-electron chi connectivity index (χ1n) is 7.05. The lowest BCUT2D eigenvalue weighted by atomic mass is 10.0. The second-order valence-corrected chi connectivity index (χ2v) is 5.03.